The van der Waals surface area contributed by atoms with Crippen molar-refractivity contribution in [2.24, 2.45) is 0 Å². The van der Waals surface area contributed by atoms with Crippen molar-refractivity contribution in [1.82, 2.24) is 0 Å². The van der Waals surface area contributed by atoms with E-state index < -0.39 is 0 Å². The van der Waals surface area contributed by atoms with Crippen molar-refractivity contribution >= 4 is 11.4 Å². The Labute approximate surface area is 85.0 Å². The van der Waals surface area contributed by atoms with E-state index in [0.717, 1.165) is 18.8 Å². The monoisotopic (exact) mass is 189 g/mol. The molecule has 1 aromatic carbocycles. The van der Waals surface area contributed by atoms with Crippen LogP contribution < -0.4 is 10.2 Å². The zero-order valence-corrected chi connectivity index (χ0v) is 8.62. The molecule has 0 heterocycles. The van der Waals surface area contributed by atoms with Crippen molar-refractivity contribution in [3.05, 3.63) is 24.3 Å². The van der Waals surface area contributed by atoms with Crippen molar-refractivity contribution in [2.75, 3.05) is 23.3 Å². The average molecular weight is 189 g/mol. The lowest BCUT2D eigenvalue weighted by Crippen LogP contribution is -2.21. The van der Waals surface area contributed by atoms with Crippen LogP contribution in [0.15, 0.2) is 24.3 Å². The molecule has 0 unspecified atom stereocenters. The zero-order chi connectivity index (χ0) is 10.4. The summed E-state index contributed by atoms with van der Waals surface area (Å²) >= 11 is 0. The number of rotatable bonds is 4. The Morgan fingerprint density at radius 3 is 2.21 bits per heavy atom. The van der Waals surface area contributed by atoms with Gasteiger partial charge in [-0.1, -0.05) is 0 Å². The molecule has 0 bridgehead atoms. The molecule has 1 rings (SSSR count). The van der Waals surface area contributed by atoms with Gasteiger partial charge < -0.3 is 4.90 Å². The normalized spacial score (nSPS) is 9.21. The third kappa shape index (κ3) is 2.40. The fourth-order valence-electron chi connectivity index (χ4n) is 1.41. The second-order valence-corrected chi connectivity index (χ2v) is 2.96. The summed E-state index contributed by atoms with van der Waals surface area (Å²) in [4.78, 5) is 2.26. The van der Waals surface area contributed by atoms with Crippen LogP contribution in [-0.2, 0) is 0 Å². The van der Waals surface area contributed by atoms with Crippen molar-refractivity contribution < 1.29 is 0 Å². The second-order valence-electron chi connectivity index (χ2n) is 2.96. The fourth-order valence-corrected chi connectivity index (χ4v) is 1.41. The lowest BCUT2D eigenvalue weighted by Gasteiger charge is -2.20. The summed E-state index contributed by atoms with van der Waals surface area (Å²) in [5.41, 5.74) is 2.03. The van der Waals surface area contributed by atoms with Crippen LogP contribution in [0.1, 0.15) is 13.8 Å². The van der Waals surface area contributed by atoms with Gasteiger partial charge in [-0.05, 0) is 38.1 Å². The molecule has 0 fully saturated rings. The van der Waals surface area contributed by atoms with E-state index in [9.17, 15) is 0 Å². The van der Waals surface area contributed by atoms with Crippen LogP contribution in [-0.4, -0.2) is 13.1 Å². The van der Waals surface area contributed by atoms with E-state index in [2.05, 4.69) is 24.1 Å². The van der Waals surface area contributed by atoms with E-state index >= 15 is 0 Å². The maximum Gasteiger partial charge on any atom is 0.181 e. The Hall–Kier alpha value is -1.69. The molecule has 0 saturated heterocycles. The van der Waals surface area contributed by atoms with Crippen molar-refractivity contribution in [3.63, 3.8) is 0 Å². The standard InChI is InChI=1S/C11H15N3/c1-3-14(4-2)11-7-5-10(6-8-11)13-9-12/h5-8,13H,3-4H2,1-2H3. The first-order valence-corrected chi connectivity index (χ1v) is 4.82. The predicted molar refractivity (Wildman–Crippen MR) is 59.2 cm³/mol. The van der Waals surface area contributed by atoms with Crippen LogP contribution in [0.4, 0.5) is 11.4 Å². The van der Waals surface area contributed by atoms with Gasteiger partial charge in [0.1, 0.15) is 0 Å². The Morgan fingerprint density at radius 1 is 1.21 bits per heavy atom. The lowest BCUT2D eigenvalue weighted by atomic mass is 10.2. The molecule has 0 radical (unpaired) electrons. The highest BCUT2D eigenvalue weighted by Gasteiger charge is 2.00. The van der Waals surface area contributed by atoms with E-state index in [4.69, 9.17) is 5.26 Å². The number of nitrogens with zero attached hydrogens (tertiary/aromatic N) is 2. The van der Waals surface area contributed by atoms with Crippen LogP contribution in [0, 0.1) is 11.5 Å². The van der Waals surface area contributed by atoms with Gasteiger partial charge in [0, 0.05) is 24.5 Å². The van der Waals surface area contributed by atoms with E-state index in [0.29, 0.717) is 0 Å². The number of benzene rings is 1. The third-order valence-electron chi connectivity index (χ3n) is 2.20. The number of anilines is 2. The highest BCUT2D eigenvalue weighted by molar-refractivity contribution is 5.56. The highest BCUT2D eigenvalue weighted by atomic mass is 15.1. The highest BCUT2D eigenvalue weighted by Crippen LogP contribution is 2.17. The predicted octanol–water partition coefficient (Wildman–Crippen LogP) is 2.43. The van der Waals surface area contributed by atoms with Gasteiger partial charge in [0.25, 0.3) is 0 Å². The zero-order valence-electron chi connectivity index (χ0n) is 8.62. The smallest absolute Gasteiger partial charge is 0.181 e. The minimum absolute atomic E-state index is 0.836. The first-order valence-electron chi connectivity index (χ1n) is 4.82. The summed E-state index contributed by atoms with van der Waals surface area (Å²) in [6.07, 6.45) is 1.90. The topological polar surface area (TPSA) is 39.1 Å². The summed E-state index contributed by atoms with van der Waals surface area (Å²) in [6, 6.07) is 7.87. The summed E-state index contributed by atoms with van der Waals surface area (Å²) in [7, 11) is 0. The Morgan fingerprint density at radius 2 is 1.79 bits per heavy atom. The largest absolute Gasteiger partial charge is 0.372 e. The van der Waals surface area contributed by atoms with Gasteiger partial charge in [-0.25, -0.2) is 0 Å². The minimum Gasteiger partial charge on any atom is -0.372 e. The summed E-state index contributed by atoms with van der Waals surface area (Å²) in [5.74, 6) is 0. The van der Waals surface area contributed by atoms with Crippen LogP contribution >= 0.6 is 0 Å². The molecule has 3 nitrogen and oxygen atoms in total. The molecule has 0 aliphatic rings. The Kier molecular flexibility index (Phi) is 3.81. The maximum atomic E-state index is 8.42. The lowest BCUT2D eigenvalue weighted by molar-refractivity contribution is 0.866. The molecular formula is C11H15N3. The van der Waals surface area contributed by atoms with Gasteiger partial charge in [0.05, 0.1) is 0 Å². The molecule has 0 amide bonds. The van der Waals surface area contributed by atoms with E-state index in [-0.39, 0.29) is 0 Å². The van der Waals surface area contributed by atoms with Gasteiger partial charge in [-0.15, -0.1) is 0 Å². The molecule has 0 saturated carbocycles. The number of hydrogen-bond donors (Lipinski definition) is 1. The van der Waals surface area contributed by atoms with Crippen LogP contribution in [0.2, 0.25) is 0 Å². The van der Waals surface area contributed by atoms with Crippen LogP contribution in [0.3, 0.4) is 0 Å². The molecular weight excluding hydrogens is 174 g/mol. The second kappa shape index (κ2) is 5.13. The summed E-state index contributed by atoms with van der Waals surface area (Å²) < 4.78 is 0. The molecule has 14 heavy (non-hydrogen) atoms. The molecule has 0 aliphatic carbocycles. The van der Waals surface area contributed by atoms with Crippen LogP contribution in [0.25, 0.3) is 0 Å². The van der Waals surface area contributed by atoms with Gasteiger partial charge >= 0.3 is 0 Å². The molecule has 3 heteroatoms. The van der Waals surface area contributed by atoms with Crippen LogP contribution in [0.5, 0.6) is 0 Å². The van der Waals surface area contributed by atoms with Gasteiger partial charge in [-0.2, -0.15) is 5.26 Å². The molecule has 0 aromatic heterocycles. The third-order valence-corrected chi connectivity index (χ3v) is 2.20. The summed E-state index contributed by atoms with van der Waals surface area (Å²) in [5, 5.41) is 11.0. The molecule has 0 atom stereocenters. The number of nitrogens with one attached hydrogen (secondary N) is 1. The first-order chi connectivity index (χ1) is 6.81. The van der Waals surface area contributed by atoms with E-state index in [1.54, 1.807) is 0 Å². The van der Waals surface area contributed by atoms with E-state index in [1.807, 2.05) is 30.5 Å². The average Bonchev–Trinajstić information content (AvgIpc) is 2.23. The number of nitriles is 1. The van der Waals surface area contributed by atoms with Crippen molar-refractivity contribution in [3.8, 4) is 6.19 Å². The molecule has 1 N–H and O–H groups in total. The fraction of sp³-hybridized carbons (Fsp3) is 0.364. The summed E-state index contributed by atoms with van der Waals surface area (Å²) in [6.45, 7) is 6.26. The molecule has 1 aromatic rings. The molecule has 74 valence electrons. The minimum atomic E-state index is 0.836. The molecule has 0 aliphatic heterocycles. The van der Waals surface area contributed by atoms with Crippen molar-refractivity contribution in [1.29, 1.82) is 5.26 Å². The Bertz CT molecular complexity index is 306. The molecule has 0 spiro atoms. The first kappa shape index (κ1) is 10.4. The SMILES string of the molecule is CCN(CC)c1ccc(NC#N)cc1. The number of hydrogen-bond acceptors (Lipinski definition) is 3. The quantitative estimate of drug-likeness (QED) is 0.584. The van der Waals surface area contributed by atoms with E-state index in [1.165, 1.54) is 5.69 Å². The Balaban J connectivity index is 2.77. The van der Waals surface area contributed by atoms with Gasteiger partial charge in [-0.3, -0.25) is 5.32 Å². The maximum absolute atomic E-state index is 8.42. The van der Waals surface area contributed by atoms with Gasteiger partial charge in [0.2, 0.25) is 0 Å². The van der Waals surface area contributed by atoms with Gasteiger partial charge in [0.15, 0.2) is 6.19 Å². The van der Waals surface area contributed by atoms with Crippen molar-refractivity contribution in [2.45, 2.75) is 13.8 Å².